The SMILES string of the molecule is C#Cc1c(F)ccc2cc(O)cc(-c3ncc4c(N5C6COCC5C6)nc(OC[C@@]56CCCN5C[C@H](F)C6)nc4c3F)c12. The van der Waals surface area contributed by atoms with Crippen LogP contribution in [0.15, 0.2) is 30.5 Å². The van der Waals surface area contributed by atoms with Crippen LogP contribution >= 0.6 is 0 Å². The Morgan fingerprint density at radius 3 is 2.81 bits per heavy atom. The highest BCUT2D eigenvalue weighted by Gasteiger charge is 2.49. The molecular formula is C32H28F3N5O3. The van der Waals surface area contributed by atoms with Crippen LogP contribution < -0.4 is 9.64 Å². The maximum atomic E-state index is 16.7. The Bertz CT molecular complexity index is 1830. The molecule has 8 rings (SSSR count). The summed E-state index contributed by atoms with van der Waals surface area (Å²) in [7, 11) is 0. The fourth-order valence-corrected chi connectivity index (χ4v) is 7.56. The Labute approximate surface area is 245 Å². The van der Waals surface area contributed by atoms with Crippen molar-refractivity contribution in [2.75, 3.05) is 37.8 Å². The summed E-state index contributed by atoms with van der Waals surface area (Å²) in [6.45, 7) is 2.43. The molecule has 4 aromatic rings. The predicted molar refractivity (Wildman–Crippen MR) is 154 cm³/mol. The van der Waals surface area contributed by atoms with Gasteiger partial charge in [0.2, 0.25) is 0 Å². The number of phenolic OH excluding ortho intramolecular Hbond substituents is 1. The van der Waals surface area contributed by atoms with Gasteiger partial charge in [-0.05, 0) is 49.4 Å². The molecule has 8 nitrogen and oxygen atoms in total. The Morgan fingerprint density at radius 2 is 2.02 bits per heavy atom. The largest absolute Gasteiger partial charge is 0.508 e. The monoisotopic (exact) mass is 587 g/mol. The highest BCUT2D eigenvalue weighted by molar-refractivity contribution is 6.03. The van der Waals surface area contributed by atoms with Crippen LogP contribution in [-0.4, -0.2) is 81.7 Å². The number of ether oxygens (including phenoxy) is 2. The topological polar surface area (TPSA) is 83.8 Å². The first-order chi connectivity index (χ1) is 20.8. The van der Waals surface area contributed by atoms with Crippen LogP contribution in [0.5, 0.6) is 11.8 Å². The Morgan fingerprint density at radius 1 is 1.19 bits per heavy atom. The second-order valence-electron chi connectivity index (χ2n) is 12.0. The summed E-state index contributed by atoms with van der Waals surface area (Å²) in [5, 5.41) is 11.6. The molecule has 43 heavy (non-hydrogen) atoms. The lowest BCUT2D eigenvalue weighted by Gasteiger charge is -2.53. The van der Waals surface area contributed by atoms with Crippen LogP contribution in [-0.2, 0) is 4.74 Å². The molecule has 4 aliphatic rings. The van der Waals surface area contributed by atoms with E-state index in [0.717, 1.165) is 25.8 Å². The van der Waals surface area contributed by atoms with Crippen molar-refractivity contribution in [2.24, 2.45) is 0 Å². The molecule has 4 fully saturated rings. The van der Waals surface area contributed by atoms with Gasteiger partial charge in [-0.25, -0.2) is 13.2 Å². The first-order valence-corrected chi connectivity index (χ1v) is 14.5. The number of hydrogen-bond donors (Lipinski definition) is 1. The lowest BCUT2D eigenvalue weighted by Crippen LogP contribution is -2.64. The molecule has 6 heterocycles. The fraction of sp³-hybridized carbons (Fsp3) is 0.406. The number of rotatable bonds is 5. The average Bonchev–Trinajstić information content (AvgIpc) is 3.52. The van der Waals surface area contributed by atoms with Crippen LogP contribution in [0.3, 0.4) is 0 Å². The van der Waals surface area contributed by atoms with Gasteiger partial charge in [-0.1, -0.05) is 12.0 Å². The van der Waals surface area contributed by atoms with E-state index < -0.39 is 23.3 Å². The van der Waals surface area contributed by atoms with Gasteiger partial charge < -0.3 is 19.5 Å². The van der Waals surface area contributed by atoms with Gasteiger partial charge in [-0.3, -0.25) is 9.88 Å². The van der Waals surface area contributed by atoms with E-state index >= 15 is 4.39 Å². The van der Waals surface area contributed by atoms with Crippen molar-refractivity contribution < 1.29 is 27.8 Å². The number of aromatic hydroxyl groups is 1. The number of phenols is 1. The number of pyridine rings is 1. The standard InChI is InChI=1S/C32H28F3N5O3/c1-2-22-25(34)5-4-17-8-21(41)10-23(26(17)22)28-27(35)29-24(12-36-28)30(40-19-9-20(40)15-42-14-19)38-31(37-29)43-16-32-6-3-7-39(32)13-18(33)11-32/h1,4-5,8,10,12,18-20,41H,3,6-7,9,11,13-16H2/t18-,19?,20?,32+/m1/s1. The number of anilines is 1. The van der Waals surface area contributed by atoms with E-state index in [9.17, 15) is 13.9 Å². The van der Waals surface area contributed by atoms with Crippen LogP contribution in [0.4, 0.5) is 19.0 Å². The van der Waals surface area contributed by atoms with Crippen molar-refractivity contribution in [3.63, 3.8) is 0 Å². The van der Waals surface area contributed by atoms with E-state index in [-0.39, 0.29) is 58.2 Å². The number of alkyl halides is 1. The number of benzene rings is 2. The van der Waals surface area contributed by atoms with Crippen LogP contribution in [0, 0.1) is 24.0 Å². The second-order valence-corrected chi connectivity index (χ2v) is 12.0. The highest BCUT2D eigenvalue weighted by atomic mass is 19.1. The summed E-state index contributed by atoms with van der Waals surface area (Å²) in [5.74, 6) is 1.28. The molecule has 4 atom stereocenters. The van der Waals surface area contributed by atoms with Crippen molar-refractivity contribution >= 4 is 27.5 Å². The van der Waals surface area contributed by atoms with Gasteiger partial charge in [0.15, 0.2) is 5.82 Å². The molecule has 2 aromatic heterocycles. The van der Waals surface area contributed by atoms with Gasteiger partial charge in [0, 0.05) is 30.1 Å². The number of morpholine rings is 1. The van der Waals surface area contributed by atoms with Crippen LogP contribution in [0.25, 0.3) is 32.9 Å². The molecule has 220 valence electrons. The molecule has 0 radical (unpaired) electrons. The molecule has 1 N–H and O–H groups in total. The van der Waals surface area contributed by atoms with Gasteiger partial charge in [-0.2, -0.15) is 9.97 Å². The summed E-state index contributed by atoms with van der Waals surface area (Å²) in [4.78, 5) is 17.9. The molecule has 11 heteroatoms. The van der Waals surface area contributed by atoms with Gasteiger partial charge in [0.05, 0.1) is 41.8 Å². The van der Waals surface area contributed by atoms with Gasteiger partial charge in [0.25, 0.3) is 0 Å². The molecule has 0 aliphatic carbocycles. The molecule has 0 amide bonds. The van der Waals surface area contributed by atoms with E-state index in [1.54, 1.807) is 0 Å². The summed E-state index contributed by atoms with van der Waals surface area (Å²) in [6.07, 6.45) is 9.30. The van der Waals surface area contributed by atoms with E-state index in [1.807, 2.05) is 0 Å². The Kier molecular flexibility index (Phi) is 5.97. The third-order valence-corrected chi connectivity index (χ3v) is 9.52. The zero-order valence-corrected chi connectivity index (χ0v) is 23.2. The van der Waals surface area contributed by atoms with E-state index in [0.29, 0.717) is 42.8 Å². The maximum absolute atomic E-state index is 16.7. The molecule has 4 aliphatic heterocycles. The van der Waals surface area contributed by atoms with Crippen molar-refractivity contribution in [1.29, 1.82) is 0 Å². The first-order valence-electron chi connectivity index (χ1n) is 14.5. The number of halogens is 3. The number of hydrogen-bond acceptors (Lipinski definition) is 8. The minimum Gasteiger partial charge on any atom is -0.508 e. The minimum absolute atomic E-state index is 0.0101. The van der Waals surface area contributed by atoms with Crippen molar-refractivity contribution in [3.8, 4) is 35.4 Å². The van der Waals surface area contributed by atoms with E-state index in [2.05, 4.69) is 25.7 Å². The van der Waals surface area contributed by atoms with Gasteiger partial charge in [0.1, 0.15) is 41.4 Å². The smallest absolute Gasteiger partial charge is 0.319 e. The van der Waals surface area contributed by atoms with Crippen molar-refractivity contribution in [3.05, 3.63) is 47.7 Å². The molecule has 0 saturated carbocycles. The van der Waals surface area contributed by atoms with E-state index in [4.69, 9.17) is 20.9 Å². The normalized spacial score (nSPS) is 26.5. The summed E-state index contributed by atoms with van der Waals surface area (Å²) >= 11 is 0. The summed E-state index contributed by atoms with van der Waals surface area (Å²) in [5.41, 5.74) is -0.523. The Hall–Kier alpha value is -4.14. The number of terminal acetylenes is 1. The molecule has 0 spiro atoms. The second kappa shape index (κ2) is 9.69. The Balaban J connectivity index is 1.28. The maximum Gasteiger partial charge on any atom is 0.319 e. The zero-order valence-electron chi connectivity index (χ0n) is 23.2. The third kappa shape index (κ3) is 4.03. The lowest BCUT2D eigenvalue weighted by molar-refractivity contribution is 0.00977. The molecule has 2 aromatic carbocycles. The third-order valence-electron chi connectivity index (χ3n) is 9.52. The molecular weight excluding hydrogens is 559 g/mol. The fourth-order valence-electron chi connectivity index (χ4n) is 7.56. The number of nitrogens with zero attached hydrogens (tertiary/aromatic N) is 5. The first kappa shape index (κ1) is 26.5. The molecule has 4 saturated heterocycles. The average molecular weight is 588 g/mol. The lowest BCUT2D eigenvalue weighted by atomic mass is 9.91. The molecule has 2 bridgehead atoms. The highest BCUT2D eigenvalue weighted by Crippen LogP contribution is 2.43. The van der Waals surface area contributed by atoms with Crippen molar-refractivity contribution in [2.45, 2.75) is 49.5 Å². The van der Waals surface area contributed by atoms with Gasteiger partial charge in [-0.15, -0.1) is 6.42 Å². The van der Waals surface area contributed by atoms with Gasteiger partial charge >= 0.3 is 6.01 Å². The minimum atomic E-state index is -0.918. The quantitative estimate of drug-likeness (QED) is 0.336. The number of fused-ring (bicyclic) bond motifs is 5. The van der Waals surface area contributed by atoms with E-state index in [1.165, 1.54) is 30.5 Å². The molecule has 2 unspecified atom stereocenters. The summed E-state index contributed by atoms with van der Waals surface area (Å²) in [6, 6.07) is 5.58. The van der Waals surface area contributed by atoms with Crippen LogP contribution in [0.1, 0.15) is 31.2 Å². The van der Waals surface area contributed by atoms with Crippen LogP contribution in [0.2, 0.25) is 0 Å². The zero-order chi connectivity index (χ0) is 29.5. The summed E-state index contributed by atoms with van der Waals surface area (Å²) < 4.78 is 57.7. The van der Waals surface area contributed by atoms with Crippen molar-refractivity contribution in [1.82, 2.24) is 19.9 Å². The number of aromatic nitrogens is 3. The predicted octanol–water partition coefficient (Wildman–Crippen LogP) is 4.74.